The van der Waals surface area contributed by atoms with E-state index in [2.05, 4.69) is 6.92 Å². The molecule has 0 spiro atoms. The van der Waals surface area contributed by atoms with Crippen LogP contribution in [0.5, 0.6) is 11.5 Å². The molecule has 1 unspecified atom stereocenters. The minimum atomic E-state index is -0.273. The molecule has 1 atom stereocenters. The summed E-state index contributed by atoms with van der Waals surface area (Å²) in [6, 6.07) is 15.0. The maximum Gasteiger partial charge on any atom is 0.338 e. The van der Waals surface area contributed by atoms with Crippen LogP contribution >= 0.6 is 0 Å². The van der Waals surface area contributed by atoms with Gasteiger partial charge in [-0.15, -0.1) is 0 Å². The zero-order valence-electron chi connectivity index (χ0n) is 13.3. The number of esters is 1. The van der Waals surface area contributed by atoms with Crippen molar-refractivity contribution in [3.8, 4) is 11.5 Å². The van der Waals surface area contributed by atoms with Crippen molar-refractivity contribution in [2.24, 2.45) is 0 Å². The normalized spacial score (nSPS) is 11.8. The number of hydrogen-bond acceptors (Lipinski definition) is 3. The molecule has 0 amide bonds. The number of benzene rings is 2. The SMILES string of the molecule is CCCC(C)OC(=O)c1ccc(Oc2ccccc2)cc1C. The van der Waals surface area contributed by atoms with E-state index in [-0.39, 0.29) is 12.1 Å². The van der Waals surface area contributed by atoms with Crippen LogP contribution in [-0.4, -0.2) is 12.1 Å². The highest BCUT2D eigenvalue weighted by atomic mass is 16.5. The zero-order valence-corrected chi connectivity index (χ0v) is 13.3. The number of carbonyl (C=O) groups is 1. The first-order valence-corrected chi connectivity index (χ1v) is 7.64. The van der Waals surface area contributed by atoms with Gasteiger partial charge in [0.25, 0.3) is 0 Å². The van der Waals surface area contributed by atoms with E-state index in [1.807, 2.05) is 50.2 Å². The van der Waals surface area contributed by atoms with Crippen molar-refractivity contribution in [2.75, 3.05) is 0 Å². The molecule has 0 bridgehead atoms. The maximum absolute atomic E-state index is 12.2. The predicted octanol–water partition coefficient (Wildman–Crippen LogP) is 5.13. The molecule has 2 aromatic rings. The van der Waals surface area contributed by atoms with Crippen molar-refractivity contribution in [3.05, 3.63) is 59.7 Å². The number of rotatable bonds is 6. The van der Waals surface area contributed by atoms with E-state index in [4.69, 9.17) is 9.47 Å². The molecule has 22 heavy (non-hydrogen) atoms. The fourth-order valence-corrected chi connectivity index (χ4v) is 2.26. The van der Waals surface area contributed by atoms with Crippen LogP contribution in [0.25, 0.3) is 0 Å². The maximum atomic E-state index is 12.2. The summed E-state index contributed by atoms with van der Waals surface area (Å²) in [6.45, 7) is 5.88. The third kappa shape index (κ3) is 4.35. The lowest BCUT2D eigenvalue weighted by molar-refractivity contribution is 0.0322. The Morgan fingerprint density at radius 2 is 1.82 bits per heavy atom. The molecule has 2 aromatic carbocycles. The van der Waals surface area contributed by atoms with E-state index in [1.54, 1.807) is 12.1 Å². The smallest absolute Gasteiger partial charge is 0.338 e. The van der Waals surface area contributed by atoms with Gasteiger partial charge in [-0.1, -0.05) is 31.5 Å². The fraction of sp³-hybridized carbons (Fsp3) is 0.316. The molecule has 0 fully saturated rings. The van der Waals surface area contributed by atoms with Crippen LogP contribution < -0.4 is 4.74 Å². The topological polar surface area (TPSA) is 35.5 Å². The molecule has 0 N–H and O–H groups in total. The average Bonchev–Trinajstić information content (AvgIpc) is 2.48. The molecule has 0 aromatic heterocycles. The third-order valence-corrected chi connectivity index (χ3v) is 3.40. The molecular formula is C19H22O3. The molecule has 3 heteroatoms. The fourth-order valence-electron chi connectivity index (χ4n) is 2.26. The first-order valence-electron chi connectivity index (χ1n) is 7.64. The molecule has 0 saturated heterocycles. The van der Waals surface area contributed by atoms with Gasteiger partial charge >= 0.3 is 5.97 Å². The van der Waals surface area contributed by atoms with Crippen LogP contribution in [0.1, 0.15) is 42.6 Å². The molecule has 0 radical (unpaired) electrons. The van der Waals surface area contributed by atoms with Crippen molar-refractivity contribution in [2.45, 2.75) is 39.7 Å². The minimum Gasteiger partial charge on any atom is -0.459 e. The summed E-state index contributed by atoms with van der Waals surface area (Å²) in [5, 5.41) is 0. The Morgan fingerprint density at radius 3 is 2.45 bits per heavy atom. The summed E-state index contributed by atoms with van der Waals surface area (Å²) in [7, 11) is 0. The van der Waals surface area contributed by atoms with E-state index in [0.717, 1.165) is 24.2 Å². The largest absolute Gasteiger partial charge is 0.459 e. The van der Waals surface area contributed by atoms with Crippen LogP contribution in [0.15, 0.2) is 48.5 Å². The van der Waals surface area contributed by atoms with E-state index < -0.39 is 0 Å². The summed E-state index contributed by atoms with van der Waals surface area (Å²) in [6.07, 6.45) is 1.81. The third-order valence-electron chi connectivity index (χ3n) is 3.40. The van der Waals surface area contributed by atoms with Gasteiger partial charge in [0.1, 0.15) is 11.5 Å². The van der Waals surface area contributed by atoms with Crippen LogP contribution in [0.2, 0.25) is 0 Å². The van der Waals surface area contributed by atoms with Gasteiger partial charge in [-0.3, -0.25) is 0 Å². The van der Waals surface area contributed by atoms with Crippen molar-refractivity contribution >= 4 is 5.97 Å². The number of aryl methyl sites for hydroxylation is 1. The lowest BCUT2D eigenvalue weighted by Crippen LogP contribution is -2.15. The van der Waals surface area contributed by atoms with Gasteiger partial charge in [0, 0.05) is 0 Å². The second kappa shape index (κ2) is 7.64. The van der Waals surface area contributed by atoms with Gasteiger partial charge in [-0.25, -0.2) is 4.79 Å². The Hall–Kier alpha value is -2.29. The highest BCUT2D eigenvalue weighted by Gasteiger charge is 2.14. The average molecular weight is 298 g/mol. The monoisotopic (exact) mass is 298 g/mol. The zero-order chi connectivity index (χ0) is 15.9. The Morgan fingerprint density at radius 1 is 1.09 bits per heavy atom. The van der Waals surface area contributed by atoms with Gasteiger partial charge < -0.3 is 9.47 Å². The van der Waals surface area contributed by atoms with E-state index in [1.165, 1.54) is 0 Å². The van der Waals surface area contributed by atoms with E-state index in [0.29, 0.717) is 11.3 Å². The van der Waals surface area contributed by atoms with Crippen molar-refractivity contribution < 1.29 is 14.3 Å². The Bertz CT molecular complexity index is 620. The molecule has 2 rings (SSSR count). The number of carbonyl (C=O) groups excluding carboxylic acids is 1. The molecule has 0 aliphatic heterocycles. The highest BCUT2D eigenvalue weighted by molar-refractivity contribution is 5.91. The van der Waals surface area contributed by atoms with Crippen LogP contribution in [0, 0.1) is 6.92 Å². The second-order valence-corrected chi connectivity index (χ2v) is 5.40. The lowest BCUT2D eigenvalue weighted by atomic mass is 10.1. The van der Waals surface area contributed by atoms with E-state index >= 15 is 0 Å². The standard InChI is InChI=1S/C19H22O3/c1-4-8-15(3)21-19(20)18-12-11-17(13-14(18)2)22-16-9-6-5-7-10-16/h5-7,9-13,15H,4,8H2,1-3H3. The first kappa shape index (κ1) is 16.1. The number of para-hydroxylation sites is 1. The van der Waals surface area contributed by atoms with Gasteiger partial charge in [0.2, 0.25) is 0 Å². The van der Waals surface area contributed by atoms with Crippen LogP contribution in [0.3, 0.4) is 0 Å². The quantitative estimate of drug-likeness (QED) is 0.693. The summed E-state index contributed by atoms with van der Waals surface area (Å²) in [5.74, 6) is 1.21. The summed E-state index contributed by atoms with van der Waals surface area (Å²) in [4.78, 5) is 12.2. The van der Waals surface area contributed by atoms with Gasteiger partial charge in [-0.2, -0.15) is 0 Å². The Labute approximate surface area is 131 Å². The Balaban J connectivity index is 2.07. The molecule has 0 aliphatic rings. The second-order valence-electron chi connectivity index (χ2n) is 5.40. The van der Waals surface area contributed by atoms with Crippen molar-refractivity contribution in [3.63, 3.8) is 0 Å². The van der Waals surface area contributed by atoms with Crippen LogP contribution in [-0.2, 0) is 4.74 Å². The van der Waals surface area contributed by atoms with Crippen molar-refractivity contribution in [1.29, 1.82) is 0 Å². The highest BCUT2D eigenvalue weighted by Crippen LogP contribution is 2.24. The minimum absolute atomic E-state index is 0.0582. The summed E-state index contributed by atoms with van der Waals surface area (Å²) in [5.41, 5.74) is 1.44. The van der Waals surface area contributed by atoms with Crippen LogP contribution in [0.4, 0.5) is 0 Å². The van der Waals surface area contributed by atoms with Gasteiger partial charge in [-0.05, 0) is 56.2 Å². The van der Waals surface area contributed by atoms with Crippen molar-refractivity contribution in [1.82, 2.24) is 0 Å². The van der Waals surface area contributed by atoms with Gasteiger partial charge in [0.15, 0.2) is 0 Å². The summed E-state index contributed by atoms with van der Waals surface area (Å²) < 4.78 is 11.2. The predicted molar refractivity (Wildman–Crippen MR) is 87.5 cm³/mol. The number of hydrogen-bond donors (Lipinski definition) is 0. The first-order chi connectivity index (χ1) is 10.6. The van der Waals surface area contributed by atoms with E-state index in [9.17, 15) is 4.79 Å². The lowest BCUT2D eigenvalue weighted by Gasteiger charge is -2.14. The molecule has 0 heterocycles. The summed E-state index contributed by atoms with van der Waals surface area (Å²) >= 11 is 0. The Kier molecular flexibility index (Phi) is 5.59. The van der Waals surface area contributed by atoms with Gasteiger partial charge in [0.05, 0.1) is 11.7 Å². The molecule has 3 nitrogen and oxygen atoms in total. The molecule has 0 aliphatic carbocycles. The molecule has 116 valence electrons. The molecule has 0 saturated carbocycles. The number of ether oxygens (including phenoxy) is 2. The molecular weight excluding hydrogens is 276 g/mol.